The summed E-state index contributed by atoms with van der Waals surface area (Å²) in [4.78, 5) is 33.5. The van der Waals surface area contributed by atoms with E-state index in [4.69, 9.17) is 9.84 Å². The van der Waals surface area contributed by atoms with Gasteiger partial charge in [-0.3, -0.25) is 14.4 Å². The van der Waals surface area contributed by atoms with Crippen LogP contribution in [0.2, 0.25) is 0 Å². The second kappa shape index (κ2) is 16.4. The molecule has 2 N–H and O–H groups in total. The number of unbranched alkanes of at least 4 members (excludes halogenated alkanes) is 9. The highest BCUT2D eigenvalue weighted by Gasteiger charge is 2.15. The summed E-state index contributed by atoms with van der Waals surface area (Å²) >= 11 is 0. The minimum absolute atomic E-state index is 0.0248. The van der Waals surface area contributed by atoms with Crippen LogP contribution in [0.4, 0.5) is 0 Å². The Labute approximate surface area is 170 Å². The molecule has 0 aromatic rings. The van der Waals surface area contributed by atoms with Crippen molar-refractivity contribution in [2.75, 3.05) is 6.54 Å². The number of hydrogen-bond donors (Lipinski definition) is 2. The summed E-state index contributed by atoms with van der Waals surface area (Å²) in [6, 6.07) is 0. The van der Waals surface area contributed by atoms with Crippen LogP contribution in [0.3, 0.4) is 0 Å². The number of carbonyl (C=O) groups excluding carboxylic acids is 2. The van der Waals surface area contributed by atoms with Gasteiger partial charge in [0.2, 0.25) is 5.91 Å². The Morgan fingerprint density at radius 2 is 1.18 bits per heavy atom. The number of ether oxygens (including phenoxy) is 1. The fourth-order valence-corrected chi connectivity index (χ4v) is 2.92. The SMILES string of the molecule is CC(C)(C)OC(=O)CCCCCCCCCCCCC(=O)NCCCC(=O)O. The summed E-state index contributed by atoms with van der Waals surface area (Å²) < 4.78 is 5.29. The molecule has 0 aromatic heterocycles. The standard InChI is InChI=1S/C22H41NO5/c1-22(2,3)28-21(27)17-13-11-9-7-5-4-6-8-10-12-15-19(24)23-18-14-16-20(25)26/h4-18H2,1-3H3,(H,23,24)(H,25,26). The van der Waals surface area contributed by atoms with Crippen molar-refractivity contribution < 1.29 is 24.2 Å². The van der Waals surface area contributed by atoms with Gasteiger partial charge < -0.3 is 15.2 Å². The predicted molar refractivity (Wildman–Crippen MR) is 111 cm³/mol. The summed E-state index contributed by atoms with van der Waals surface area (Å²) in [5.41, 5.74) is -0.386. The van der Waals surface area contributed by atoms with Gasteiger partial charge in [0.15, 0.2) is 0 Å². The van der Waals surface area contributed by atoms with Gasteiger partial charge >= 0.3 is 11.9 Å². The minimum atomic E-state index is -0.824. The Morgan fingerprint density at radius 1 is 0.714 bits per heavy atom. The number of rotatable bonds is 17. The third-order valence-electron chi connectivity index (χ3n) is 4.34. The Kier molecular flexibility index (Phi) is 15.4. The van der Waals surface area contributed by atoms with Gasteiger partial charge in [0.05, 0.1) is 0 Å². The highest BCUT2D eigenvalue weighted by molar-refractivity contribution is 5.75. The van der Waals surface area contributed by atoms with Crippen LogP contribution in [0.15, 0.2) is 0 Å². The van der Waals surface area contributed by atoms with E-state index >= 15 is 0 Å². The van der Waals surface area contributed by atoms with Gasteiger partial charge in [0.25, 0.3) is 0 Å². The molecular formula is C22H41NO5. The molecule has 0 spiro atoms. The van der Waals surface area contributed by atoms with Crippen LogP contribution >= 0.6 is 0 Å². The van der Waals surface area contributed by atoms with Crippen molar-refractivity contribution in [2.45, 2.75) is 116 Å². The zero-order valence-electron chi connectivity index (χ0n) is 18.2. The number of amides is 1. The van der Waals surface area contributed by atoms with Crippen molar-refractivity contribution in [2.24, 2.45) is 0 Å². The van der Waals surface area contributed by atoms with Crippen molar-refractivity contribution in [1.82, 2.24) is 5.32 Å². The van der Waals surface area contributed by atoms with Crippen LogP contribution < -0.4 is 5.32 Å². The summed E-state index contributed by atoms with van der Waals surface area (Å²) in [7, 11) is 0. The lowest BCUT2D eigenvalue weighted by atomic mass is 10.0. The number of esters is 1. The molecule has 0 fully saturated rings. The van der Waals surface area contributed by atoms with Gasteiger partial charge in [0, 0.05) is 25.8 Å². The van der Waals surface area contributed by atoms with Crippen LogP contribution in [0.1, 0.15) is 111 Å². The van der Waals surface area contributed by atoms with E-state index in [2.05, 4.69) is 5.32 Å². The zero-order valence-corrected chi connectivity index (χ0v) is 18.2. The van der Waals surface area contributed by atoms with Crippen LogP contribution in [-0.4, -0.2) is 35.1 Å². The van der Waals surface area contributed by atoms with Crippen molar-refractivity contribution in [3.63, 3.8) is 0 Å². The van der Waals surface area contributed by atoms with Crippen LogP contribution in [0.5, 0.6) is 0 Å². The molecule has 0 saturated carbocycles. The van der Waals surface area contributed by atoms with Crippen molar-refractivity contribution in [3.05, 3.63) is 0 Å². The van der Waals surface area contributed by atoms with Gasteiger partial charge in [-0.15, -0.1) is 0 Å². The van der Waals surface area contributed by atoms with Crippen LogP contribution in [0.25, 0.3) is 0 Å². The van der Waals surface area contributed by atoms with Gasteiger partial charge in [-0.05, 0) is 40.0 Å². The molecule has 0 saturated heterocycles. The average Bonchev–Trinajstić information content (AvgIpc) is 2.58. The zero-order chi connectivity index (χ0) is 21.3. The lowest BCUT2D eigenvalue weighted by molar-refractivity contribution is -0.155. The first kappa shape index (κ1) is 26.4. The number of aliphatic carboxylic acids is 1. The molecule has 0 bridgehead atoms. The van der Waals surface area contributed by atoms with Crippen molar-refractivity contribution >= 4 is 17.8 Å². The Balaban J connectivity index is 3.28. The van der Waals surface area contributed by atoms with E-state index in [-0.39, 0.29) is 23.9 Å². The Morgan fingerprint density at radius 3 is 1.64 bits per heavy atom. The second-order valence-electron chi connectivity index (χ2n) is 8.47. The molecule has 164 valence electrons. The molecule has 0 aliphatic rings. The Hall–Kier alpha value is -1.59. The number of carboxylic acids is 1. The lowest BCUT2D eigenvalue weighted by Crippen LogP contribution is -2.24. The molecule has 0 rings (SSSR count). The third kappa shape index (κ3) is 20.7. The van der Waals surface area contributed by atoms with E-state index in [1.54, 1.807) is 0 Å². The van der Waals surface area contributed by atoms with E-state index < -0.39 is 5.97 Å². The molecule has 28 heavy (non-hydrogen) atoms. The first-order valence-electron chi connectivity index (χ1n) is 10.9. The van der Waals surface area contributed by atoms with Gasteiger partial charge in [-0.2, -0.15) is 0 Å². The second-order valence-corrected chi connectivity index (χ2v) is 8.47. The van der Waals surface area contributed by atoms with Crippen molar-refractivity contribution in [1.29, 1.82) is 0 Å². The highest BCUT2D eigenvalue weighted by Crippen LogP contribution is 2.14. The molecule has 0 heterocycles. The quantitative estimate of drug-likeness (QED) is 0.265. The fourth-order valence-electron chi connectivity index (χ4n) is 2.92. The Bertz CT molecular complexity index is 443. The molecule has 0 aromatic carbocycles. The third-order valence-corrected chi connectivity index (χ3v) is 4.34. The summed E-state index contributed by atoms with van der Waals surface area (Å²) in [5, 5.41) is 11.3. The summed E-state index contributed by atoms with van der Waals surface area (Å²) in [6.45, 7) is 6.13. The number of carboxylic acid groups (broad SMARTS) is 1. The van der Waals surface area contributed by atoms with Gasteiger partial charge in [-0.25, -0.2) is 0 Å². The number of carbonyl (C=O) groups is 3. The predicted octanol–water partition coefficient (Wildman–Crippen LogP) is 4.99. The van der Waals surface area contributed by atoms with E-state index in [0.717, 1.165) is 32.1 Å². The smallest absolute Gasteiger partial charge is 0.306 e. The molecule has 0 unspecified atom stereocenters. The molecule has 0 aliphatic heterocycles. The van der Waals surface area contributed by atoms with E-state index in [0.29, 0.717) is 25.8 Å². The van der Waals surface area contributed by atoms with Crippen molar-refractivity contribution in [3.8, 4) is 0 Å². The maximum absolute atomic E-state index is 11.6. The normalized spacial score (nSPS) is 11.2. The van der Waals surface area contributed by atoms with E-state index in [1.807, 2.05) is 20.8 Å². The molecule has 0 aliphatic carbocycles. The van der Waals surface area contributed by atoms with Crippen LogP contribution in [-0.2, 0) is 19.1 Å². The first-order valence-corrected chi connectivity index (χ1v) is 10.9. The first-order chi connectivity index (χ1) is 13.2. The summed E-state index contributed by atoms with van der Waals surface area (Å²) in [5.74, 6) is -0.895. The highest BCUT2D eigenvalue weighted by atomic mass is 16.6. The van der Waals surface area contributed by atoms with Gasteiger partial charge in [-0.1, -0.05) is 51.4 Å². The molecule has 0 radical (unpaired) electrons. The minimum Gasteiger partial charge on any atom is -0.481 e. The maximum atomic E-state index is 11.6. The number of hydrogen-bond acceptors (Lipinski definition) is 4. The maximum Gasteiger partial charge on any atom is 0.306 e. The molecule has 6 nitrogen and oxygen atoms in total. The molecule has 6 heteroatoms. The lowest BCUT2D eigenvalue weighted by Gasteiger charge is -2.19. The van der Waals surface area contributed by atoms with E-state index in [9.17, 15) is 14.4 Å². The number of nitrogens with one attached hydrogen (secondary N) is 1. The molecule has 0 atom stereocenters. The van der Waals surface area contributed by atoms with E-state index in [1.165, 1.54) is 32.1 Å². The molecular weight excluding hydrogens is 358 g/mol. The summed E-state index contributed by atoms with van der Waals surface area (Å²) in [6.07, 6.45) is 12.8. The monoisotopic (exact) mass is 399 g/mol. The fraction of sp³-hybridized carbons (Fsp3) is 0.864. The van der Waals surface area contributed by atoms with Crippen LogP contribution in [0, 0.1) is 0 Å². The topological polar surface area (TPSA) is 92.7 Å². The average molecular weight is 400 g/mol. The molecule has 1 amide bonds. The largest absolute Gasteiger partial charge is 0.481 e. The van der Waals surface area contributed by atoms with Gasteiger partial charge in [0.1, 0.15) is 5.60 Å².